The number of aliphatic carboxylic acids is 1. The molecule has 0 saturated heterocycles. The molecule has 0 fully saturated rings. The lowest BCUT2D eigenvalue weighted by molar-refractivity contribution is -0.143. The van der Waals surface area contributed by atoms with E-state index in [9.17, 15) is 9.90 Å². The Hall–Kier alpha value is -2.20. The highest BCUT2D eigenvalue weighted by molar-refractivity contribution is 7.19. The zero-order chi connectivity index (χ0) is 21.5. The average Bonchev–Trinajstić information content (AvgIpc) is 3.10. The summed E-state index contributed by atoms with van der Waals surface area (Å²) in [7, 11) is 0. The predicted molar refractivity (Wildman–Crippen MR) is 126 cm³/mol. The van der Waals surface area contributed by atoms with Gasteiger partial charge in [0.1, 0.15) is 4.83 Å². The molecule has 3 aromatic rings. The molecule has 0 saturated carbocycles. The Morgan fingerprint density at radius 1 is 1.17 bits per heavy atom. The third kappa shape index (κ3) is 3.35. The van der Waals surface area contributed by atoms with Gasteiger partial charge in [-0.05, 0) is 80.2 Å². The summed E-state index contributed by atoms with van der Waals surface area (Å²) in [6.45, 7) is 8.10. The number of fused-ring (bicyclic) bond motifs is 3. The monoisotopic (exact) mass is 421 g/mol. The maximum Gasteiger partial charge on any atom is 0.313 e. The molecule has 1 unspecified atom stereocenters. The average molecular weight is 422 g/mol. The van der Waals surface area contributed by atoms with Crippen molar-refractivity contribution in [3.63, 3.8) is 0 Å². The first kappa shape index (κ1) is 21.0. The maximum atomic E-state index is 12.6. The number of thiophene rings is 1. The molecule has 158 valence electrons. The van der Waals surface area contributed by atoms with E-state index in [2.05, 4.69) is 38.1 Å². The van der Waals surface area contributed by atoms with Crippen molar-refractivity contribution < 1.29 is 9.90 Å². The van der Waals surface area contributed by atoms with Crippen LogP contribution in [0.4, 0.5) is 0 Å². The van der Waals surface area contributed by atoms with Crippen LogP contribution in [0.5, 0.6) is 0 Å². The Morgan fingerprint density at radius 2 is 1.87 bits per heavy atom. The van der Waals surface area contributed by atoms with Crippen LogP contribution in [0.25, 0.3) is 21.3 Å². The summed E-state index contributed by atoms with van der Waals surface area (Å²) in [6, 6.07) is 8.71. The van der Waals surface area contributed by atoms with Crippen molar-refractivity contribution in [2.75, 3.05) is 0 Å². The van der Waals surface area contributed by atoms with Crippen molar-refractivity contribution >= 4 is 27.5 Å². The summed E-state index contributed by atoms with van der Waals surface area (Å²) < 4.78 is 0. The summed E-state index contributed by atoms with van der Waals surface area (Å²) in [5.41, 5.74) is 5.74. The minimum Gasteiger partial charge on any atom is -0.481 e. The van der Waals surface area contributed by atoms with Crippen molar-refractivity contribution in [1.29, 1.82) is 0 Å². The fraction of sp³-hybridized carbons (Fsp3) is 0.462. The standard InChI is InChI=1S/C26H31NO2S/c1-5-15-26(4,25(28)29)23-16(3)27-24-22(19-9-7-8-10-20(19)30-24)21(23)18-13-11-17(6-2)12-14-18/h11-14H,5-10,15H2,1-4H3,(H,28,29). The highest BCUT2D eigenvalue weighted by atomic mass is 32.1. The molecule has 4 rings (SSSR count). The second-order valence-electron chi connectivity index (χ2n) is 8.78. The van der Waals surface area contributed by atoms with Crippen LogP contribution in [0.1, 0.15) is 73.7 Å². The third-order valence-corrected chi connectivity index (χ3v) is 7.89. The molecule has 1 aliphatic carbocycles. The van der Waals surface area contributed by atoms with Gasteiger partial charge < -0.3 is 5.11 Å². The number of benzene rings is 1. The molecule has 2 aromatic heterocycles. The van der Waals surface area contributed by atoms with Crippen molar-refractivity contribution in [3.8, 4) is 11.1 Å². The van der Waals surface area contributed by atoms with E-state index in [1.807, 2.05) is 25.2 Å². The lowest BCUT2D eigenvalue weighted by atomic mass is 9.73. The minimum absolute atomic E-state index is 0.600. The molecule has 1 aromatic carbocycles. The summed E-state index contributed by atoms with van der Waals surface area (Å²) >= 11 is 1.81. The molecule has 0 spiro atoms. The van der Waals surface area contributed by atoms with E-state index >= 15 is 0 Å². The third-order valence-electron chi connectivity index (χ3n) is 6.71. The normalized spacial score (nSPS) is 15.7. The van der Waals surface area contributed by atoms with E-state index in [0.29, 0.717) is 6.42 Å². The number of rotatable bonds is 6. The Morgan fingerprint density at radius 3 is 2.50 bits per heavy atom. The van der Waals surface area contributed by atoms with Gasteiger partial charge in [-0.2, -0.15) is 0 Å². The van der Waals surface area contributed by atoms with Crippen LogP contribution in [0.2, 0.25) is 0 Å². The van der Waals surface area contributed by atoms with Crippen molar-refractivity contribution in [2.45, 2.75) is 78.1 Å². The van der Waals surface area contributed by atoms with Gasteiger partial charge in [-0.15, -0.1) is 11.3 Å². The fourth-order valence-corrected chi connectivity index (χ4v) is 6.43. The Bertz CT molecular complexity index is 1100. The second-order valence-corrected chi connectivity index (χ2v) is 9.86. The summed E-state index contributed by atoms with van der Waals surface area (Å²) in [5, 5.41) is 11.5. The number of pyridine rings is 1. The molecule has 2 heterocycles. The van der Waals surface area contributed by atoms with Gasteiger partial charge in [-0.25, -0.2) is 4.98 Å². The predicted octanol–water partition coefficient (Wildman–Crippen LogP) is 6.86. The summed E-state index contributed by atoms with van der Waals surface area (Å²) in [5.74, 6) is -0.760. The van der Waals surface area contributed by atoms with Gasteiger partial charge in [-0.3, -0.25) is 4.79 Å². The van der Waals surface area contributed by atoms with Crippen LogP contribution in [-0.4, -0.2) is 16.1 Å². The first-order chi connectivity index (χ1) is 14.4. The molecule has 0 bridgehead atoms. The summed E-state index contributed by atoms with van der Waals surface area (Å²) in [6.07, 6.45) is 7.02. The number of aromatic nitrogens is 1. The van der Waals surface area contributed by atoms with Gasteiger partial charge >= 0.3 is 5.97 Å². The number of aryl methyl sites for hydroxylation is 4. The fourth-order valence-electron chi connectivity index (χ4n) is 5.11. The molecule has 1 N–H and O–H groups in total. The van der Waals surface area contributed by atoms with E-state index in [0.717, 1.165) is 52.9 Å². The number of hydrogen-bond acceptors (Lipinski definition) is 3. The number of carbonyl (C=O) groups is 1. The molecular formula is C26H31NO2S. The van der Waals surface area contributed by atoms with Crippen molar-refractivity contribution in [1.82, 2.24) is 4.98 Å². The highest BCUT2D eigenvalue weighted by Gasteiger charge is 2.40. The molecule has 0 radical (unpaired) electrons. The molecule has 3 nitrogen and oxygen atoms in total. The lowest BCUT2D eigenvalue weighted by Gasteiger charge is -2.30. The zero-order valence-electron chi connectivity index (χ0n) is 18.5. The van der Waals surface area contributed by atoms with E-state index in [1.54, 1.807) is 0 Å². The van der Waals surface area contributed by atoms with Crippen LogP contribution < -0.4 is 0 Å². The van der Waals surface area contributed by atoms with Gasteiger partial charge in [0.15, 0.2) is 0 Å². The first-order valence-corrected chi connectivity index (χ1v) is 12.0. The Balaban J connectivity index is 2.12. The number of carboxylic acid groups (broad SMARTS) is 1. The van der Waals surface area contributed by atoms with E-state index in [1.165, 1.54) is 34.2 Å². The molecule has 4 heteroatoms. The number of carboxylic acids is 1. The van der Waals surface area contributed by atoms with E-state index < -0.39 is 11.4 Å². The Labute approximate surface area is 183 Å². The molecule has 1 aliphatic rings. The smallest absolute Gasteiger partial charge is 0.313 e. The van der Waals surface area contributed by atoms with Crippen molar-refractivity contribution in [2.24, 2.45) is 0 Å². The van der Waals surface area contributed by atoms with Gasteiger partial charge in [0.05, 0.1) is 5.41 Å². The lowest BCUT2D eigenvalue weighted by Crippen LogP contribution is -2.34. The molecule has 0 aliphatic heterocycles. The van der Waals surface area contributed by atoms with Gasteiger partial charge in [0.2, 0.25) is 0 Å². The Kier molecular flexibility index (Phi) is 5.71. The largest absolute Gasteiger partial charge is 0.481 e. The van der Waals surface area contributed by atoms with Crippen LogP contribution in [0.15, 0.2) is 24.3 Å². The van der Waals surface area contributed by atoms with Gasteiger partial charge in [0.25, 0.3) is 0 Å². The maximum absolute atomic E-state index is 12.6. The topological polar surface area (TPSA) is 50.2 Å². The van der Waals surface area contributed by atoms with Crippen LogP contribution in [0, 0.1) is 6.92 Å². The number of nitrogens with zero attached hydrogens (tertiary/aromatic N) is 1. The highest BCUT2D eigenvalue weighted by Crippen LogP contribution is 2.47. The van der Waals surface area contributed by atoms with E-state index in [4.69, 9.17) is 4.98 Å². The van der Waals surface area contributed by atoms with E-state index in [-0.39, 0.29) is 0 Å². The number of hydrogen-bond donors (Lipinski definition) is 1. The molecule has 30 heavy (non-hydrogen) atoms. The van der Waals surface area contributed by atoms with Gasteiger partial charge in [0, 0.05) is 16.0 Å². The van der Waals surface area contributed by atoms with Gasteiger partial charge in [-0.1, -0.05) is 44.5 Å². The molecule has 1 atom stereocenters. The van der Waals surface area contributed by atoms with Crippen LogP contribution in [-0.2, 0) is 29.5 Å². The minimum atomic E-state index is -0.956. The quantitative estimate of drug-likeness (QED) is 0.473. The van der Waals surface area contributed by atoms with Crippen LogP contribution in [0.3, 0.4) is 0 Å². The molecule has 0 amide bonds. The molecular weight excluding hydrogens is 390 g/mol. The van der Waals surface area contributed by atoms with Crippen LogP contribution >= 0.6 is 11.3 Å². The second kappa shape index (κ2) is 8.14. The van der Waals surface area contributed by atoms with Crippen molar-refractivity contribution in [3.05, 3.63) is 51.5 Å². The SMILES string of the molecule is CCCC(C)(C(=O)O)c1c(C)nc2sc3c(c2c1-c1ccc(CC)cc1)CCCC3. The first-order valence-electron chi connectivity index (χ1n) is 11.2. The zero-order valence-corrected chi connectivity index (χ0v) is 19.3. The summed E-state index contributed by atoms with van der Waals surface area (Å²) in [4.78, 5) is 20.1.